The van der Waals surface area contributed by atoms with Crippen LogP contribution in [0, 0.1) is 5.41 Å². The molecular weight excluding hydrogens is 298 g/mol. The molecule has 1 aliphatic carbocycles. The van der Waals surface area contributed by atoms with Gasteiger partial charge in [0.15, 0.2) is 0 Å². The maximum absolute atomic E-state index is 12.2. The monoisotopic (exact) mass is 315 g/mol. The quantitative estimate of drug-likeness (QED) is 0.891. The topological polar surface area (TPSA) is 66.4 Å². The standard InChI is InChI=1S/C17H17NO3S/c19-15(18-11-14-6-3-7-22-14)10-17(16(20)21)8-12-4-1-2-5-13(12)9-17/h1-7H,8-11H2,(H,18,19)(H,20,21). The Balaban J connectivity index is 1.68. The molecule has 0 radical (unpaired) electrons. The van der Waals surface area contributed by atoms with Crippen LogP contribution in [0.25, 0.3) is 0 Å². The van der Waals surface area contributed by atoms with Gasteiger partial charge in [-0.2, -0.15) is 0 Å². The first-order valence-electron chi connectivity index (χ1n) is 7.18. The molecule has 0 aliphatic heterocycles. The van der Waals surface area contributed by atoms with Crippen molar-refractivity contribution in [3.8, 4) is 0 Å². The number of thiophene rings is 1. The lowest BCUT2D eigenvalue weighted by Crippen LogP contribution is -2.38. The summed E-state index contributed by atoms with van der Waals surface area (Å²) in [4.78, 5) is 25.0. The average molecular weight is 315 g/mol. The molecule has 2 aromatic rings. The van der Waals surface area contributed by atoms with Gasteiger partial charge >= 0.3 is 5.97 Å². The van der Waals surface area contributed by atoms with Crippen molar-refractivity contribution in [2.45, 2.75) is 25.8 Å². The van der Waals surface area contributed by atoms with E-state index >= 15 is 0 Å². The second kappa shape index (κ2) is 5.93. The van der Waals surface area contributed by atoms with Crippen LogP contribution < -0.4 is 5.32 Å². The SMILES string of the molecule is O=C(CC1(C(=O)O)Cc2ccccc2C1)NCc1cccs1. The molecule has 0 unspecified atom stereocenters. The molecule has 1 aromatic heterocycles. The first kappa shape index (κ1) is 14.8. The summed E-state index contributed by atoms with van der Waals surface area (Å²) in [5.41, 5.74) is 1.07. The predicted molar refractivity (Wildman–Crippen MR) is 84.7 cm³/mol. The maximum atomic E-state index is 12.2. The minimum atomic E-state index is -1.01. The molecule has 0 saturated carbocycles. The number of rotatable bonds is 5. The van der Waals surface area contributed by atoms with Gasteiger partial charge in [-0.05, 0) is 35.4 Å². The molecule has 0 spiro atoms. The van der Waals surface area contributed by atoms with Crippen LogP contribution in [-0.4, -0.2) is 17.0 Å². The third-order valence-corrected chi connectivity index (χ3v) is 5.04. The minimum absolute atomic E-state index is 0.0163. The zero-order valence-electron chi connectivity index (χ0n) is 12.0. The molecule has 1 aromatic carbocycles. The van der Waals surface area contributed by atoms with E-state index in [1.165, 1.54) is 0 Å². The number of nitrogens with one attached hydrogen (secondary N) is 1. The van der Waals surface area contributed by atoms with Gasteiger partial charge in [-0.15, -0.1) is 11.3 Å². The lowest BCUT2D eigenvalue weighted by Gasteiger charge is -2.23. The summed E-state index contributed by atoms with van der Waals surface area (Å²) in [6.07, 6.45) is 0.859. The Hall–Kier alpha value is -2.14. The molecule has 2 N–H and O–H groups in total. The Morgan fingerprint density at radius 3 is 2.36 bits per heavy atom. The Morgan fingerprint density at radius 2 is 1.82 bits per heavy atom. The number of carbonyl (C=O) groups is 2. The first-order valence-corrected chi connectivity index (χ1v) is 8.06. The van der Waals surface area contributed by atoms with E-state index in [1.807, 2.05) is 41.8 Å². The van der Waals surface area contributed by atoms with Crippen LogP contribution in [0.1, 0.15) is 22.4 Å². The largest absolute Gasteiger partial charge is 0.481 e. The Kier molecular flexibility index (Phi) is 3.98. The molecule has 22 heavy (non-hydrogen) atoms. The lowest BCUT2D eigenvalue weighted by molar-refractivity contribution is -0.151. The highest BCUT2D eigenvalue weighted by atomic mass is 32.1. The Bertz CT molecular complexity index is 669. The minimum Gasteiger partial charge on any atom is -0.481 e. The third-order valence-electron chi connectivity index (χ3n) is 4.17. The second-order valence-electron chi connectivity index (χ2n) is 5.74. The molecule has 4 nitrogen and oxygen atoms in total. The summed E-state index contributed by atoms with van der Waals surface area (Å²) in [6, 6.07) is 11.6. The van der Waals surface area contributed by atoms with Crippen molar-refractivity contribution in [3.63, 3.8) is 0 Å². The number of benzene rings is 1. The average Bonchev–Trinajstić information content (AvgIpc) is 3.12. The highest BCUT2D eigenvalue weighted by Gasteiger charge is 2.45. The predicted octanol–water partition coefficient (Wildman–Crippen LogP) is 2.62. The number of amides is 1. The summed E-state index contributed by atoms with van der Waals surface area (Å²) in [7, 11) is 0. The molecular formula is C17H17NO3S. The lowest BCUT2D eigenvalue weighted by atomic mass is 9.81. The Morgan fingerprint density at radius 1 is 1.14 bits per heavy atom. The number of carbonyl (C=O) groups excluding carboxylic acids is 1. The van der Waals surface area contributed by atoms with Crippen molar-refractivity contribution in [2.24, 2.45) is 5.41 Å². The molecule has 3 rings (SSSR count). The van der Waals surface area contributed by atoms with E-state index < -0.39 is 11.4 Å². The summed E-state index contributed by atoms with van der Waals surface area (Å²) >= 11 is 1.57. The zero-order valence-corrected chi connectivity index (χ0v) is 12.9. The summed E-state index contributed by atoms with van der Waals surface area (Å²) in [6.45, 7) is 0.457. The fourth-order valence-electron chi connectivity index (χ4n) is 3.01. The van der Waals surface area contributed by atoms with Crippen LogP contribution in [0.2, 0.25) is 0 Å². The van der Waals surface area contributed by atoms with E-state index in [0.29, 0.717) is 19.4 Å². The summed E-state index contributed by atoms with van der Waals surface area (Å²) in [5.74, 6) is -1.10. The smallest absolute Gasteiger partial charge is 0.310 e. The number of aliphatic carboxylic acids is 1. The second-order valence-corrected chi connectivity index (χ2v) is 6.77. The molecule has 5 heteroatoms. The first-order chi connectivity index (χ1) is 10.6. The molecule has 1 heterocycles. The van der Waals surface area contributed by atoms with Gasteiger partial charge in [0.1, 0.15) is 0 Å². The van der Waals surface area contributed by atoms with E-state index in [-0.39, 0.29) is 12.3 Å². The van der Waals surface area contributed by atoms with Crippen molar-refractivity contribution < 1.29 is 14.7 Å². The molecule has 0 atom stereocenters. The Labute approximate surface area is 132 Å². The van der Waals surface area contributed by atoms with Crippen LogP contribution in [0.5, 0.6) is 0 Å². The van der Waals surface area contributed by atoms with E-state index in [9.17, 15) is 14.7 Å². The molecule has 1 amide bonds. The van der Waals surface area contributed by atoms with Crippen molar-refractivity contribution in [3.05, 3.63) is 57.8 Å². The molecule has 1 aliphatic rings. The molecule has 114 valence electrons. The van der Waals surface area contributed by atoms with Gasteiger partial charge in [-0.1, -0.05) is 30.3 Å². The number of hydrogen-bond acceptors (Lipinski definition) is 3. The van der Waals surface area contributed by atoms with E-state index in [2.05, 4.69) is 5.32 Å². The van der Waals surface area contributed by atoms with Crippen LogP contribution in [0.4, 0.5) is 0 Å². The van der Waals surface area contributed by atoms with Crippen LogP contribution in [0.15, 0.2) is 41.8 Å². The number of carboxylic acids is 1. The van der Waals surface area contributed by atoms with Gasteiger partial charge < -0.3 is 10.4 Å². The molecule has 0 fully saturated rings. The number of carboxylic acid groups (broad SMARTS) is 1. The van der Waals surface area contributed by atoms with Gasteiger partial charge in [-0.3, -0.25) is 9.59 Å². The van der Waals surface area contributed by atoms with Gasteiger partial charge in [0.2, 0.25) is 5.91 Å². The van der Waals surface area contributed by atoms with Gasteiger partial charge in [0.25, 0.3) is 0 Å². The van der Waals surface area contributed by atoms with Crippen molar-refractivity contribution in [2.75, 3.05) is 0 Å². The summed E-state index contributed by atoms with van der Waals surface area (Å²) in [5, 5.41) is 14.4. The highest BCUT2D eigenvalue weighted by Crippen LogP contribution is 2.40. The normalized spacial score (nSPS) is 15.3. The highest BCUT2D eigenvalue weighted by molar-refractivity contribution is 7.09. The number of hydrogen-bond donors (Lipinski definition) is 2. The van der Waals surface area contributed by atoms with Gasteiger partial charge in [-0.25, -0.2) is 0 Å². The van der Waals surface area contributed by atoms with Crippen LogP contribution >= 0.6 is 11.3 Å². The zero-order chi connectivity index (χ0) is 15.6. The van der Waals surface area contributed by atoms with Crippen LogP contribution in [-0.2, 0) is 29.0 Å². The van der Waals surface area contributed by atoms with Crippen molar-refractivity contribution in [1.82, 2.24) is 5.32 Å². The fourth-order valence-corrected chi connectivity index (χ4v) is 3.66. The van der Waals surface area contributed by atoms with Crippen LogP contribution in [0.3, 0.4) is 0 Å². The van der Waals surface area contributed by atoms with Gasteiger partial charge in [0.05, 0.1) is 12.0 Å². The molecule has 0 bridgehead atoms. The van der Waals surface area contributed by atoms with E-state index in [4.69, 9.17) is 0 Å². The van der Waals surface area contributed by atoms with Crippen molar-refractivity contribution in [1.29, 1.82) is 0 Å². The number of fused-ring (bicyclic) bond motifs is 1. The van der Waals surface area contributed by atoms with E-state index in [0.717, 1.165) is 16.0 Å². The van der Waals surface area contributed by atoms with Crippen molar-refractivity contribution >= 4 is 23.2 Å². The molecule has 0 saturated heterocycles. The fraction of sp³-hybridized carbons (Fsp3) is 0.294. The van der Waals surface area contributed by atoms with E-state index in [1.54, 1.807) is 11.3 Å². The van der Waals surface area contributed by atoms with Gasteiger partial charge in [0, 0.05) is 11.3 Å². The third kappa shape index (κ3) is 2.90. The summed E-state index contributed by atoms with van der Waals surface area (Å²) < 4.78 is 0. The maximum Gasteiger partial charge on any atom is 0.310 e.